The highest BCUT2D eigenvalue weighted by atomic mass is 32.1. The first-order valence-corrected chi connectivity index (χ1v) is 10.2. The molecule has 1 N–H and O–H groups in total. The number of ether oxygens (including phenoxy) is 1. The first-order chi connectivity index (χ1) is 13.4. The minimum absolute atomic E-state index is 0.261. The molecule has 1 atom stereocenters. The van der Waals surface area contributed by atoms with E-state index < -0.39 is 6.10 Å². The van der Waals surface area contributed by atoms with Crippen LogP contribution in [0.3, 0.4) is 0 Å². The van der Waals surface area contributed by atoms with Gasteiger partial charge in [-0.2, -0.15) is 0 Å². The zero-order valence-corrected chi connectivity index (χ0v) is 17.1. The number of carbonyl (C=O) groups is 2. The van der Waals surface area contributed by atoms with E-state index in [1.807, 2.05) is 56.3 Å². The number of amides is 1. The molecule has 1 amide bonds. The first kappa shape index (κ1) is 20.0. The largest absolute Gasteiger partial charge is 0.453 e. The van der Waals surface area contributed by atoms with E-state index in [4.69, 9.17) is 4.74 Å². The van der Waals surface area contributed by atoms with Gasteiger partial charge in [-0.3, -0.25) is 9.59 Å². The molecule has 0 aliphatic heterocycles. The fraction of sp³-hybridized carbons (Fsp3) is 0.318. The standard InChI is InChI=1S/C22H24N2O3S/c1-14-11-12-17(15(2)13-14)24-22(26)16(3)27-21(25)10-6-9-20-23-18-7-4-5-8-19(18)28-20/h4-5,7-8,11-13,16H,6,9-10H2,1-3H3,(H,24,26). The van der Waals surface area contributed by atoms with E-state index in [1.165, 1.54) is 0 Å². The number of anilines is 1. The Kier molecular flexibility index (Phi) is 6.41. The number of aryl methyl sites for hydroxylation is 3. The minimum Gasteiger partial charge on any atom is -0.453 e. The van der Waals surface area contributed by atoms with Crippen molar-refractivity contribution in [3.8, 4) is 0 Å². The molecule has 0 aliphatic carbocycles. The van der Waals surface area contributed by atoms with E-state index in [9.17, 15) is 9.59 Å². The van der Waals surface area contributed by atoms with Crippen molar-refractivity contribution in [1.29, 1.82) is 0 Å². The van der Waals surface area contributed by atoms with Crippen molar-refractivity contribution in [3.05, 3.63) is 58.6 Å². The van der Waals surface area contributed by atoms with Crippen LogP contribution >= 0.6 is 11.3 Å². The molecule has 1 aromatic heterocycles. The van der Waals surface area contributed by atoms with Crippen LogP contribution in [0.2, 0.25) is 0 Å². The molecule has 6 heteroatoms. The van der Waals surface area contributed by atoms with Crippen molar-refractivity contribution in [2.45, 2.75) is 46.1 Å². The molecule has 3 rings (SSSR count). The number of fused-ring (bicyclic) bond motifs is 1. The zero-order chi connectivity index (χ0) is 20.1. The summed E-state index contributed by atoms with van der Waals surface area (Å²) in [6.07, 6.45) is 0.786. The van der Waals surface area contributed by atoms with Gasteiger partial charge >= 0.3 is 5.97 Å². The molecule has 0 saturated heterocycles. The maximum absolute atomic E-state index is 12.3. The van der Waals surface area contributed by atoms with Gasteiger partial charge in [0, 0.05) is 12.1 Å². The predicted molar refractivity (Wildman–Crippen MR) is 113 cm³/mol. The Bertz CT molecular complexity index is 963. The van der Waals surface area contributed by atoms with Crippen molar-refractivity contribution in [1.82, 2.24) is 4.98 Å². The topological polar surface area (TPSA) is 68.3 Å². The van der Waals surface area contributed by atoms with Gasteiger partial charge in [-0.05, 0) is 57.4 Å². The summed E-state index contributed by atoms with van der Waals surface area (Å²) in [6, 6.07) is 13.8. The summed E-state index contributed by atoms with van der Waals surface area (Å²) in [7, 11) is 0. The lowest BCUT2D eigenvalue weighted by molar-refractivity contribution is -0.153. The van der Waals surface area contributed by atoms with Crippen LogP contribution < -0.4 is 5.32 Å². The van der Waals surface area contributed by atoms with Crippen molar-refractivity contribution >= 4 is 39.1 Å². The van der Waals surface area contributed by atoms with Crippen LogP contribution in [0.25, 0.3) is 10.2 Å². The summed E-state index contributed by atoms with van der Waals surface area (Å²) in [6.45, 7) is 5.52. The summed E-state index contributed by atoms with van der Waals surface area (Å²) < 4.78 is 6.43. The van der Waals surface area contributed by atoms with Gasteiger partial charge in [0.25, 0.3) is 5.91 Å². The Labute approximate surface area is 168 Å². The maximum atomic E-state index is 12.3. The molecule has 2 aromatic carbocycles. The van der Waals surface area contributed by atoms with Gasteiger partial charge in [0.15, 0.2) is 6.10 Å². The molecule has 0 saturated carbocycles. The van der Waals surface area contributed by atoms with Gasteiger partial charge < -0.3 is 10.1 Å². The number of hydrogen-bond acceptors (Lipinski definition) is 5. The lowest BCUT2D eigenvalue weighted by atomic mass is 10.1. The van der Waals surface area contributed by atoms with Gasteiger partial charge in [-0.15, -0.1) is 11.3 Å². The van der Waals surface area contributed by atoms with Gasteiger partial charge in [0.2, 0.25) is 0 Å². The molecule has 0 aliphatic rings. The van der Waals surface area contributed by atoms with Crippen molar-refractivity contribution in [2.75, 3.05) is 5.32 Å². The number of nitrogens with one attached hydrogen (secondary N) is 1. The molecule has 5 nitrogen and oxygen atoms in total. The second-order valence-electron chi connectivity index (χ2n) is 6.87. The Morgan fingerprint density at radius 3 is 2.71 bits per heavy atom. The summed E-state index contributed by atoms with van der Waals surface area (Å²) in [5.41, 5.74) is 3.82. The third kappa shape index (κ3) is 5.16. The van der Waals surface area contributed by atoms with Gasteiger partial charge in [0.05, 0.1) is 15.2 Å². The highest BCUT2D eigenvalue weighted by molar-refractivity contribution is 7.18. The monoisotopic (exact) mass is 396 g/mol. The van der Waals surface area contributed by atoms with Crippen molar-refractivity contribution in [2.24, 2.45) is 0 Å². The van der Waals surface area contributed by atoms with E-state index in [0.29, 0.717) is 6.42 Å². The lowest BCUT2D eigenvalue weighted by Gasteiger charge is -2.15. The molecule has 1 unspecified atom stereocenters. The molecule has 0 fully saturated rings. The number of thiazole rings is 1. The molecular weight excluding hydrogens is 372 g/mol. The number of para-hydroxylation sites is 1. The molecule has 0 bridgehead atoms. The third-order valence-electron chi connectivity index (χ3n) is 4.43. The Hall–Kier alpha value is -2.73. The number of aromatic nitrogens is 1. The number of carbonyl (C=O) groups excluding carboxylic acids is 2. The molecular formula is C22H24N2O3S. The molecule has 0 spiro atoms. The van der Waals surface area contributed by atoms with Gasteiger partial charge in [0.1, 0.15) is 0 Å². The van der Waals surface area contributed by atoms with Gasteiger partial charge in [-0.25, -0.2) is 4.98 Å². The fourth-order valence-electron chi connectivity index (χ4n) is 2.91. The van der Waals surface area contributed by atoms with Crippen LogP contribution in [0, 0.1) is 13.8 Å². The van der Waals surface area contributed by atoms with Crippen LogP contribution in [0.15, 0.2) is 42.5 Å². The highest BCUT2D eigenvalue weighted by Crippen LogP contribution is 2.23. The number of rotatable bonds is 7. The SMILES string of the molecule is Cc1ccc(NC(=O)C(C)OC(=O)CCCc2nc3ccccc3s2)c(C)c1. The molecule has 3 aromatic rings. The van der Waals surface area contributed by atoms with E-state index in [-0.39, 0.29) is 18.3 Å². The van der Waals surface area contributed by atoms with Crippen LogP contribution in [0.4, 0.5) is 5.69 Å². The fourth-order valence-corrected chi connectivity index (χ4v) is 3.92. The van der Waals surface area contributed by atoms with Crippen LogP contribution in [-0.4, -0.2) is 23.0 Å². The second kappa shape index (κ2) is 8.97. The highest BCUT2D eigenvalue weighted by Gasteiger charge is 2.18. The molecule has 0 radical (unpaired) electrons. The Morgan fingerprint density at radius 1 is 1.18 bits per heavy atom. The van der Waals surface area contributed by atoms with Crippen molar-refractivity contribution in [3.63, 3.8) is 0 Å². The summed E-state index contributed by atoms with van der Waals surface area (Å²) in [5.74, 6) is -0.698. The molecule has 28 heavy (non-hydrogen) atoms. The quantitative estimate of drug-likeness (QED) is 0.582. The summed E-state index contributed by atoms with van der Waals surface area (Å²) >= 11 is 1.64. The number of hydrogen-bond donors (Lipinski definition) is 1. The van der Waals surface area contributed by atoms with E-state index >= 15 is 0 Å². The van der Waals surface area contributed by atoms with Crippen LogP contribution in [0.1, 0.15) is 35.9 Å². The van der Waals surface area contributed by atoms with Crippen LogP contribution in [-0.2, 0) is 20.7 Å². The van der Waals surface area contributed by atoms with E-state index in [1.54, 1.807) is 18.3 Å². The normalized spacial score (nSPS) is 12.0. The number of benzene rings is 2. The summed E-state index contributed by atoms with van der Waals surface area (Å²) in [4.78, 5) is 28.9. The molecule has 1 heterocycles. The minimum atomic E-state index is -0.837. The van der Waals surface area contributed by atoms with Gasteiger partial charge in [-0.1, -0.05) is 29.8 Å². The summed E-state index contributed by atoms with van der Waals surface area (Å²) in [5, 5.41) is 3.82. The second-order valence-corrected chi connectivity index (χ2v) is 7.98. The Morgan fingerprint density at radius 2 is 1.96 bits per heavy atom. The van der Waals surface area contributed by atoms with E-state index in [2.05, 4.69) is 10.3 Å². The Balaban J connectivity index is 1.45. The number of esters is 1. The zero-order valence-electron chi connectivity index (χ0n) is 16.3. The first-order valence-electron chi connectivity index (χ1n) is 9.34. The lowest BCUT2D eigenvalue weighted by Crippen LogP contribution is -2.30. The van der Waals surface area contributed by atoms with Crippen molar-refractivity contribution < 1.29 is 14.3 Å². The average molecular weight is 397 g/mol. The smallest absolute Gasteiger partial charge is 0.306 e. The van der Waals surface area contributed by atoms with E-state index in [0.717, 1.165) is 38.5 Å². The van der Waals surface area contributed by atoms with Crippen LogP contribution in [0.5, 0.6) is 0 Å². The maximum Gasteiger partial charge on any atom is 0.306 e. The molecule has 146 valence electrons. The average Bonchev–Trinajstić information content (AvgIpc) is 3.06. The predicted octanol–water partition coefficient (Wildman–Crippen LogP) is 4.81. The number of nitrogens with zero attached hydrogens (tertiary/aromatic N) is 1. The third-order valence-corrected chi connectivity index (χ3v) is 5.52.